The molecule has 0 unspecified atom stereocenters. The summed E-state index contributed by atoms with van der Waals surface area (Å²) in [5, 5.41) is 4.07. The maximum atomic E-state index is 10.7. The predicted molar refractivity (Wildman–Crippen MR) is 46.6 cm³/mol. The molecule has 2 rings (SSSR count). The summed E-state index contributed by atoms with van der Waals surface area (Å²) in [4.78, 5) is 10.7. The first kappa shape index (κ1) is 8.29. The maximum absolute atomic E-state index is 10.7. The van der Waals surface area contributed by atoms with E-state index >= 15 is 0 Å². The smallest absolute Gasteiger partial charge is 0.157 e. The van der Waals surface area contributed by atoms with Gasteiger partial charge in [-0.3, -0.25) is 9.48 Å². The molecule has 4 nitrogen and oxygen atoms in total. The van der Waals surface area contributed by atoms with Gasteiger partial charge >= 0.3 is 0 Å². The molecule has 0 radical (unpaired) electrons. The molecule has 1 heterocycles. The third-order valence-corrected chi connectivity index (χ3v) is 2.15. The summed E-state index contributed by atoms with van der Waals surface area (Å²) in [6, 6.07) is 0. The lowest BCUT2D eigenvalue weighted by Crippen LogP contribution is -2.33. The van der Waals surface area contributed by atoms with Crippen LogP contribution >= 0.6 is 0 Å². The third kappa shape index (κ3) is 1.71. The lowest BCUT2D eigenvalue weighted by Gasteiger charge is -2.23. The fourth-order valence-corrected chi connectivity index (χ4v) is 1.30. The van der Waals surface area contributed by atoms with Crippen LogP contribution in [0.25, 0.3) is 0 Å². The summed E-state index contributed by atoms with van der Waals surface area (Å²) < 4.78 is 7.30. The summed E-state index contributed by atoms with van der Waals surface area (Å²) in [5.74, 6) is 1.05. The van der Waals surface area contributed by atoms with Crippen molar-refractivity contribution in [1.29, 1.82) is 0 Å². The summed E-state index contributed by atoms with van der Waals surface area (Å²) >= 11 is 0. The minimum atomic E-state index is 0.0852. The molecule has 1 aliphatic carbocycles. The number of aryl methyl sites for hydroxylation is 1. The zero-order valence-electron chi connectivity index (χ0n) is 7.56. The van der Waals surface area contributed by atoms with Crippen molar-refractivity contribution in [3.63, 3.8) is 0 Å². The van der Waals surface area contributed by atoms with Crippen LogP contribution in [0, 0.1) is 0 Å². The van der Waals surface area contributed by atoms with Crippen molar-refractivity contribution in [3.8, 4) is 5.75 Å². The molecule has 1 aromatic heterocycles. The van der Waals surface area contributed by atoms with E-state index in [9.17, 15) is 4.79 Å². The van der Waals surface area contributed by atoms with Crippen LogP contribution in [0.2, 0.25) is 0 Å². The summed E-state index contributed by atoms with van der Waals surface area (Å²) in [6.45, 7) is 2.86. The first-order valence-electron chi connectivity index (χ1n) is 4.48. The molecule has 4 heteroatoms. The monoisotopic (exact) mass is 180 g/mol. The van der Waals surface area contributed by atoms with Crippen molar-refractivity contribution in [2.75, 3.05) is 0 Å². The molecule has 70 valence electrons. The molecule has 1 saturated carbocycles. The normalized spacial score (nSPS) is 17.2. The zero-order chi connectivity index (χ0) is 9.26. The van der Waals surface area contributed by atoms with Crippen LogP contribution in [0.3, 0.4) is 0 Å². The van der Waals surface area contributed by atoms with Gasteiger partial charge in [0, 0.05) is 19.4 Å². The Hall–Kier alpha value is -1.32. The molecule has 0 amide bonds. The number of nitrogens with zero attached hydrogens (tertiary/aromatic N) is 2. The second-order valence-corrected chi connectivity index (χ2v) is 3.22. The Kier molecular flexibility index (Phi) is 2.04. The zero-order valence-corrected chi connectivity index (χ0v) is 7.56. The van der Waals surface area contributed by atoms with Crippen LogP contribution in [0.5, 0.6) is 5.75 Å². The van der Waals surface area contributed by atoms with Crippen molar-refractivity contribution in [3.05, 3.63) is 12.4 Å². The van der Waals surface area contributed by atoms with E-state index in [2.05, 4.69) is 5.10 Å². The number of hydrogen-bond acceptors (Lipinski definition) is 3. The maximum Gasteiger partial charge on any atom is 0.157 e. The fourth-order valence-electron chi connectivity index (χ4n) is 1.30. The molecule has 0 N–H and O–H groups in total. The molecule has 0 spiro atoms. The van der Waals surface area contributed by atoms with E-state index in [0.717, 1.165) is 12.3 Å². The van der Waals surface area contributed by atoms with E-state index in [4.69, 9.17) is 4.74 Å². The number of ether oxygens (including phenoxy) is 1. The molecule has 13 heavy (non-hydrogen) atoms. The third-order valence-electron chi connectivity index (χ3n) is 2.15. The minimum Gasteiger partial charge on any atom is -0.486 e. The van der Waals surface area contributed by atoms with Gasteiger partial charge in [0.05, 0.1) is 12.4 Å². The molecule has 1 aliphatic rings. The van der Waals surface area contributed by atoms with E-state index in [1.54, 1.807) is 10.9 Å². The van der Waals surface area contributed by atoms with Gasteiger partial charge in [-0.05, 0) is 6.92 Å². The quantitative estimate of drug-likeness (QED) is 0.697. The van der Waals surface area contributed by atoms with Crippen LogP contribution in [0.15, 0.2) is 12.4 Å². The van der Waals surface area contributed by atoms with E-state index in [1.807, 2.05) is 13.1 Å². The van der Waals surface area contributed by atoms with Gasteiger partial charge in [-0.15, -0.1) is 0 Å². The van der Waals surface area contributed by atoms with Crippen molar-refractivity contribution < 1.29 is 9.53 Å². The molecule has 0 saturated heterocycles. The molecular weight excluding hydrogens is 168 g/mol. The highest BCUT2D eigenvalue weighted by Gasteiger charge is 2.28. The van der Waals surface area contributed by atoms with Gasteiger partial charge in [0.1, 0.15) is 11.9 Å². The van der Waals surface area contributed by atoms with Gasteiger partial charge in [-0.25, -0.2) is 0 Å². The number of ketones is 1. The average Bonchev–Trinajstić information content (AvgIpc) is 2.50. The fraction of sp³-hybridized carbons (Fsp3) is 0.556. The largest absolute Gasteiger partial charge is 0.486 e. The predicted octanol–water partition coefficient (Wildman–Crippen LogP) is 1.01. The van der Waals surface area contributed by atoms with Crippen LogP contribution in [0.4, 0.5) is 0 Å². The van der Waals surface area contributed by atoms with Crippen LogP contribution < -0.4 is 4.74 Å². The topological polar surface area (TPSA) is 44.1 Å². The summed E-state index contributed by atoms with van der Waals surface area (Å²) in [6.07, 6.45) is 4.73. The van der Waals surface area contributed by atoms with Crippen molar-refractivity contribution >= 4 is 5.78 Å². The first-order valence-corrected chi connectivity index (χ1v) is 4.48. The summed E-state index contributed by atoms with van der Waals surface area (Å²) in [5.41, 5.74) is 0. The van der Waals surface area contributed by atoms with Gasteiger partial charge in [0.15, 0.2) is 5.75 Å². The highest BCUT2D eigenvalue weighted by molar-refractivity contribution is 5.85. The highest BCUT2D eigenvalue weighted by atomic mass is 16.5. The number of hydrogen-bond donors (Lipinski definition) is 0. The standard InChI is InChI=1S/C9H12N2O2/c1-2-11-6-9(5-10-11)13-8-3-7(12)4-8/h5-6,8H,2-4H2,1H3. The Morgan fingerprint density at radius 1 is 1.69 bits per heavy atom. The Labute approximate surface area is 76.5 Å². The Balaban J connectivity index is 1.90. The van der Waals surface area contributed by atoms with Gasteiger partial charge in [0.25, 0.3) is 0 Å². The van der Waals surface area contributed by atoms with Gasteiger partial charge in [-0.1, -0.05) is 0 Å². The van der Waals surface area contributed by atoms with Crippen LogP contribution in [-0.2, 0) is 11.3 Å². The van der Waals surface area contributed by atoms with Crippen LogP contribution in [-0.4, -0.2) is 21.7 Å². The molecule has 0 aromatic carbocycles. The number of carbonyl (C=O) groups is 1. The SMILES string of the molecule is CCn1cc(OC2CC(=O)C2)cn1. The molecule has 0 bridgehead atoms. The van der Waals surface area contributed by atoms with Gasteiger partial charge in [0.2, 0.25) is 0 Å². The Bertz CT molecular complexity index is 311. The van der Waals surface area contributed by atoms with E-state index in [0.29, 0.717) is 12.8 Å². The molecule has 1 aromatic rings. The highest BCUT2D eigenvalue weighted by Crippen LogP contribution is 2.21. The van der Waals surface area contributed by atoms with Gasteiger partial charge < -0.3 is 4.74 Å². The Morgan fingerprint density at radius 2 is 2.46 bits per heavy atom. The van der Waals surface area contributed by atoms with Gasteiger partial charge in [-0.2, -0.15) is 5.10 Å². The molecule has 0 atom stereocenters. The van der Waals surface area contributed by atoms with Crippen molar-refractivity contribution in [2.24, 2.45) is 0 Å². The first-order chi connectivity index (χ1) is 6.28. The van der Waals surface area contributed by atoms with E-state index in [-0.39, 0.29) is 11.9 Å². The van der Waals surface area contributed by atoms with Crippen molar-refractivity contribution in [1.82, 2.24) is 9.78 Å². The molecule has 1 fully saturated rings. The molecular formula is C9H12N2O2. The lowest BCUT2D eigenvalue weighted by atomic mass is 9.94. The average molecular weight is 180 g/mol. The second kappa shape index (κ2) is 3.20. The second-order valence-electron chi connectivity index (χ2n) is 3.22. The lowest BCUT2D eigenvalue weighted by molar-refractivity contribution is -0.129. The molecule has 0 aliphatic heterocycles. The van der Waals surface area contributed by atoms with E-state index < -0.39 is 0 Å². The Morgan fingerprint density at radius 3 is 3.00 bits per heavy atom. The number of rotatable bonds is 3. The van der Waals surface area contributed by atoms with Crippen molar-refractivity contribution in [2.45, 2.75) is 32.4 Å². The minimum absolute atomic E-state index is 0.0852. The number of aromatic nitrogens is 2. The summed E-state index contributed by atoms with van der Waals surface area (Å²) in [7, 11) is 0. The number of carbonyl (C=O) groups excluding carboxylic acids is 1. The van der Waals surface area contributed by atoms with E-state index in [1.165, 1.54) is 0 Å². The van der Waals surface area contributed by atoms with Crippen LogP contribution in [0.1, 0.15) is 19.8 Å². The number of Topliss-reactive ketones (excluding diaryl/α,β-unsaturated/α-hetero) is 1.